The van der Waals surface area contributed by atoms with Gasteiger partial charge in [0.15, 0.2) is 0 Å². The number of carbonyl (C=O) groups is 1. The summed E-state index contributed by atoms with van der Waals surface area (Å²) < 4.78 is 0. The number of aliphatic carboxylic acids is 1. The molecular formula is C15H19N3O2. The Hall–Kier alpha value is -2.06. The lowest BCUT2D eigenvalue weighted by atomic mass is 10.1. The maximum Gasteiger partial charge on any atom is 0.320 e. The molecule has 1 fully saturated rings. The third kappa shape index (κ3) is 2.91. The summed E-state index contributed by atoms with van der Waals surface area (Å²) in [5.74, 6) is -0.785. The first-order valence-corrected chi connectivity index (χ1v) is 6.75. The summed E-state index contributed by atoms with van der Waals surface area (Å²) in [5.41, 5.74) is 2.76. The van der Waals surface area contributed by atoms with Crippen molar-refractivity contribution in [3.8, 4) is 6.07 Å². The van der Waals surface area contributed by atoms with Crippen LogP contribution in [0.15, 0.2) is 18.2 Å². The summed E-state index contributed by atoms with van der Waals surface area (Å²) in [6, 6.07) is 7.57. The molecule has 0 bridgehead atoms. The van der Waals surface area contributed by atoms with Crippen molar-refractivity contribution in [2.24, 2.45) is 0 Å². The van der Waals surface area contributed by atoms with Crippen LogP contribution in [-0.4, -0.2) is 48.2 Å². The highest BCUT2D eigenvalue weighted by atomic mass is 16.4. The first kappa shape index (κ1) is 14.4. The molecule has 2 rings (SSSR count). The zero-order valence-electron chi connectivity index (χ0n) is 11.8. The Bertz CT molecular complexity index is 543. The number of nitrogens with zero attached hydrogens (tertiary/aromatic N) is 3. The van der Waals surface area contributed by atoms with Crippen molar-refractivity contribution in [3.05, 3.63) is 29.3 Å². The third-order valence-electron chi connectivity index (χ3n) is 3.83. The van der Waals surface area contributed by atoms with Crippen molar-refractivity contribution in [2.45, 2.75) is 19.9 Å². The van der Waals surface area contributed by atoms with Gasteiger partial charge in [-0.1, -0.05) is 6.07 Å². The van der Waals surface area contributed by atoms with E-state index in [1.165, 1.54) is 0 Å². The standard InChI is InChI=1S/C15H19N3O2/c1-11-3-4-13(10-16)14(9-11)18-7-5-17(6-8-18)12(2)15(19)20/h3-4,9,12H,5-8H2,1-2H3,(H,19,20). The van der Waals surface area contributed by atoms with Gasteiger partial charge in [-0.15, -0.1) is 0 Å². The van der Waals surface area contributed by atoms with E-state index >= 15 is 0 Å². The van der Waals surface area contributed by atoms with Gasteiger partial charge in [0.1, 0.15) is 12.1 Å². The molecule has 1 N–H and O–H groups in total. The van der Waals surface area contributed by atoms with Gasteiger partial charge in [0.25, 0.3) is 0 Å². The van der Waals surface area contributed by atoms with Crippen LogP contribution in [0.3, 0.4) is 0 Å². The van der Waals surface area contributed by atoms with Gasteiger partial charge in [0.2, 0.25) is 0 Å². The van der Waals surface area contributed by atoms with Gasteiger partial charge in [0.05, 0.1) is 11.3 Å². The minimum absolute atomic E-state index is 0.454. The summed E-state index contributed by atoms with van der Waals surface area (Å²) in [6.45, 7) is 6.61. The van der Waals surface area contributed by atoms with Crippen molar-refractivity contribution in [3.63, 3.8) is 0 Å². The van der Waals surface area contributed by atoms with Crippen molar-refractivity contribution >= 4 is 11.7 Å². The lowest BCUT2D eigenvalue weighted by Crippen LogP contribution is -2.51. The summed E-state index contributed by atoms with van der Waals surface area (Å²) in [6.07, 6.45) is 0. The molecule has 0 radical (unpaired) electrons. The molecule has 1 aromatic rings. The van der Waals surface area contributed by atoms with Crippen LogP contribution < -0.4 is 4.90 Å². The number of carboxylic acid groups (broad SMARTS) is 1. The molecule has 5 heteroatoms. The number of hydrogen-bond donors (Lipinski definition) is 1. The Morgan fingerprint density at radius 2 is 2.00 bits per heavy atom. The van der Waals surface area contributed by atoms with E-state index in [1.807, 2.05) is 30.0 Å². The second kappa shape index (κ2) is 5.93. The van der Waals surface area contributed by atoms with E-state index < -0.39 is 12.0 Å². The summed E-state index contributed by atoms with van der Waals surface area (Å²) in [7, 11) is 0. The maximum absolute atomic E-state index is 11.0. The zero-order chi connectivity index (χ0) is 14.7. The quantitative estimate of drug-likeness (QED) is 0.903. The molecule has 1 aliphatic heterocycles. The van der Waals surface area contributed by atoms with Gasteiger partial charge in [0, 0.05) is 26.2 Å². The van der Waals surface area contributed by atoms with E-state index in [9.17, 15) is 10.1 Å². The Morgan fingerprint density at radius 3 is 2.55 bits per heavy atom. The van der Waals surface area contributed by atoms with Crippen LogP contribution in [0.1, 0.15) is 18.1 Å². The highest BCUT2D eigenvalue weighted by Gasteiger charge is 2.26. The van der Waals surface area contributed by atoms with Crippen LogP contribution in [0.2, 0.25) is 0 Å². The molecule has 0 aromatic heterocycles. The highest BCUT2D eigenvalue weighted by Crippen LogP contribution is 2.23. The average Bonchev–Trinajstić information content (AvgIpc) is 2.46. The smallest absolute Gasteiger partial charge is 0.320 e. The molecule has 0 aliphatic carbocycles. The van der Waals surface area contributed by atoms with E-state index in [0.29, 0.717) is 18.7 Å². The van der Waals surface area contributed by atoms with Gasteiger partial charge in [-0.2, -0.15) is 5.26 Å². The Kier molecular flexibility index (Phi) is 4.26. The second-order valence-corrected chi connectivity index (χ2v) is 5.17. The zero-order valence-corrected chi connectivity index (χ0v) is 11.8. The summed E-state index contributed by atoms with van der Waals surface area (Å²) in [5, 5.41) is 18.2. The summed E-state index contributed by atoms with van der Waals surface area (Å²) >= 11 is 0. The SMILES string of the molecule is Cc1ccc(C#N)c(N2CCN(C(C)C(=O)O)CC2)c1. The van der Waals surface area contributed by atoms with E-state index in [4.69, 9.17) is 5.11 Å². The fourth-order valence-electron chi connectivity index (χ4n) is 2.50. The predicted molar refractivity (Wildman–Crippen MR) is 76.8 cm³/mol. The number of anilines is 1. The summed E-state index contributed by atoms with van der Waals surface area (Å²) in [4.78, 5) is 15.1. The van der Waals surface area contributed by atoms with E-state index in [1.54, 1.807) is 6.92 Å². The third-order valence-corrected chi connectivity index (χ3v) is 3.83. The lowest BCUT2D eigenvalue weighted by Gasteiger charge is -2.38. The largest absolute Gasteiger partial charge is 0.480 e. The number of carboxylic acids is 1. The van der Waals surface area contributed by atoms with Crippen LogP contribution in [0, 0.1) is 18.3 Å². The molecule has 1 atom stereocenters. The molecule has 0 saturated carbocycles. The van der Waals surface area contributed by atoms with Crippen LogP contribution in [0.25, 0.3) is 0 Å². The first-order chi connectivity index (χ1) is 9.52. The van der Waals surface area contributed by atoms with Crippen LogP contribution in [0.4, 0.5) is 5.69 Å². The van der Waals surface area contributed by atoms with Crippen LogP contribution in [-0.2, 0) is 4.79 Å². The lowest BCUT2D eigenvalue weighted by molar-refractivity contribution is -0.142. The van der Waals surface area contributed by atoms with E-state index in [2.05, 4.69) is 11.0 Å². The fourth-order valence-corrected chi connectivity index (χ4v) is 2.50. The Morgan fingerprint density at radius 1 is 1.35 bits per heavy atom. The molecule has 1 saturated heterocycles. The van der Waals surface area contributed by atoms with Crippen molar-refractivity contribution in [1.29, 1.82) is 5.26 Å². The molecule has 1 unspecified atom stereocenters. The van der Waals surface area contributed by atoms with Gasteiger partial charge in [-0.05, 0) is 31.5 Å². The molecule has 106 valence electrons. The second-order valence-electron chi connectivity index (χ2n) is 5.17. The van der Waals surface area contributed by atoms with E-state index in [-0.39, 0.29) is 0 Å². The van der Waals surface area contributed by atoms with Crippen molar-refractivity contribution < 1.29 is 9.90 Å². The van der Waals surface area contributed by atoms with Gasteiger partial charge in [-0.25, -0.2) is 0 Å². The minimum Gasteiger partial charge on any atom is -0.480 e. The molecule has 1 heterocycles. The number of aryl methyl sites for hydroxylation is 1. The molecular weight excluding hydrogens is 254 g/mol. The predicted octanol–water partition coefficient (Wildman–Crippen LogP) is 1.46. The number of rotatable bonds is 3. The number of benzene rings is 1. The number of hydrogen-bond acceptors (Lipinski definition) is 4. The molecule has 1 aliphatic rings. The Labute approximate surface area is 119 Å². The van der Waals surface area contributed by atoms with Crippen LogP contribution in [0.5, 0.6) is 0 Å². The fraction of sp³-hybridized carbons (Fsp3) is 0.467. The molecule has 1 aromatic carbocycles. The number of piperazine rings is 1. The molecule has 0 amide bonds. The molecule has 20 heavy (non-hydrogen) atoms. The monoisotopic (exact) mass is 273 g/mol. The molecule has 5 nitrogen and oxygen atoms in total. The van der Waals surface area contributed by atoms with Gasteiger partial charge < -0.3 is 10.0 Å². The van der Waals surface area contributed by atoms with E-state index in [0.717, 1.165) is 24.3 Å². The van der Waals surface area contributed by atoms with Crippen LogP contribution >= 0.6 is 0 Å². The average molecular weight is 273 g/mol. The minimum atomic E-state index is -0.785. The van der Waals surface area contributed by atoms with Crippen molar-refractivity contribution in [2.75, 3.05) is 31.1 Å². The first-order valence-electron chi connectivity index (χ1n) is 6.75. The van der Waals surface area contributed by atoms with Crippen molar-refractivity contribution in [1.82, 2.24) is 4.90 Å². The Balaban J connectivity index is 2.10. The molecule has 0 spiro atoms. The van der Waals surface area contributed by atoms with Gasteiger partial charge >= 0.3 is 5.97 Å². The van der Waals surface area contributed by atoms with Gasteiger partial charge in [-0.3, -0.25) is 9.69 Å². The highest BCUT2D eigenvalue weighted by molar-refractivity contribution is 5.73. The topological polar surface area (TPSA) is 67.6 Å². The maximum atomic E-state index is 11.0. The normalized spacial score (nSPS) is 17.6. The number of nitriles is 1.